The van der Waals surface area contributed by atoms with Crippen LogP contribution in [0.5, 0.6) is 0 Å². The van der Waals surface area contributed by atoms with Crippen LogP contribution in [-0.2, 0) is 9.59 Å². The Labute approximate surface area is 80.0 Å². The van der Waals surface area contributed by atoms with Gasteiger partial charge >= 0.3 is 11.9 Å². The van der Waals surface area contributed by atoms with Crippen LogP contribution in [0.4, 0.5) is 0 Å². The lowest BCUT2D eigenvalue weighted by Gasteiger charge is -2.22. The standard InChI is InChI=1S/C7H13NO6/c1-7(13,14)8-4(6(11)12)2-3-5(9)10/h4,8,13-14H,2-3H2,1H3,(H,9,10)(H,11,12). The van der Waals surface area contributed by atoms with E-state index in [0.717, 1.165) is 6.92 Å². The van der Waals surface area contributed by atoms with Crippen molar-refractivity contribution in [3.63, 3.8) is 0 Å². The van der Waals surface area contributed by atoms with Crippen molar-refractivity contribution in [1.82, 2.24) is 5.32 Å². The van der Waals surface area contributed by atoms with Crippen molar-refractivity contribution in [1.29, 1.82) is 0 Å². The zero-order valence-electron chi connectivity index (χ0n) is 7.60. The Bertz CT molecular complexity index is 221. The molecular formula is C7H13NO6. The summed E-state index contributed by atoms with van der Waals surface area (Å²) in [6, 6.07) is -1.30. The van der Waals surface area contributed by atoms with Crippen LogP contribution in [0.3, 0.4) is 0 Å². The Balaban J connectivity index is 4.17. The molecule has 0 amide bonds. The summed E-state index contributed by atoms with van der Waals surface area (Å²) in [4.78, 5) is 20.7. The van der Waals surface area contributed by atoms with Gasteiger partial charge < -0.3 is 20.4 Å². The van der Waals surface area contributed by atoms with Gasteiger partial charge in [-0.3, -0.25) is 14.9 Å². The van der Waals surface area contributed by atoms with Crippen molar-refractivity contribution >= 4 is 11.9 Å². The molecule has 82 valence electrons. The lowest BCUT2D eigenvalue weighted by molar-refractivity contribution is -0.183. The number of aliphatic hydroxyl groups is 2. The van der Waals surface area contributed by atoms with E-state index < -0.39 is 23.9 Å². The molecule has 0 radical (unpaired) electrons. The summed E-state index contributed by atoms with van der Waals surface area (Å²) in [6.07, 6.45) is -0.582. The third-order valence-corrected chi connectivity index (χ3v) is 1.39. The molecule has 0 aromatic heterocycles. The Morgan fingerprint density at radius 3 is 2.14 bits per heavy atom. The first-order valence-corrected chi connectivity index (χ1v) is 3.89. The van der Waals surface area contributed by atoms with E-state index in [-0.39, 0.29) is 12.8 Å². The number of carbonyl (C=O) groups is 2. The first kappa shape index (κ1) is 12.8. The molecule has 0 fully saturated rings. The molecule has 0 aromatic carbocycles. The fourth-order valence-corrected chi connectivity index (χ4v) is 0.855. The van der Waals surface area contributed by atoms with E-state index in [1.165, 1.54) is 0 Å². The van der Waals surface area contributed by atoms with Gasteiger partial charge in [0.15, 0.2) is 0 Å². The number of aliphatic carboxylic acids is 2. The minimum Gasteiger partial charge on any atom is -0.481 e. The quantitative estimate of drug-likeness (QED) is 0.337. The summed E-state index contributed by atoms with van der Waals surface area (Å²) in [5, 5.41) is 36.5. The van der Waals surface area contributed by atoms with E-state index in [9.17, 15) is 9.59 Å². The van der Waals surface area contributed by atoms with Gasteiger partial charge in [-0.2, -0.15) is 0 Å². The Hall–Kier alpha value is -1.18. The van der Waals surface area contributed by atoms with Gasteiger partial charge in [0, 0.05) is 13.3 Å². The predicted molar refractivity (Wildman–Crippen MR) is 44.3 cm³/mol. The Morgan fingerprint density at radius 2 is 1.86 bits per heavy atom. The maximum atomic E-state index is 10.5. The van der Waals surface area contributed by atoms with E-state index in [1.807, 2.05) is 5.32 Å². The molecule has 1 unspecified atom stereocenters. The molecule has 0 saturated carbocycles. The molecule has 14 heavy (non-hydrogen) atoms. The zero-order chi connectivity index (χ0) is 11.4. The second-order valence-corrected chi connectivity index (χ2v) is 2.99. The molecule has 0 saturated heterocycles. The van der Waals surface area contributed by atoms with E-state index in [2.05, 4.69) is 0 Å². The fraction of sp³-hybridized carbons (Fsp3) is 0.714. The third kappa shape index (κ3) is 6.35. The van der Waals surface area contributed by atoms with Crippen LogP contribution in [0, 0.1) is 0 Å². The van der Waals surface area contributed by atoms with Gasteiger partial charge in [-0.15, -0.1) is 0 Å². The SMILES string of the molecule is CC(O)(O)NC(CCC(=O)O)C(=O)O. The lowest BCUT2D eigenvalue weighted by Crippen LogP contribution is -2.51. The smallest absolute Gasteiger partial charge is 0.320 e. The second-order valence-electron chi connectivity index (χ2n) is 2.99. The summed E-state index contributed by atoms with van der Waals surface area (Å²) >= 11 is 0. The largest absolute Gasteiger partial charge is 0.481 e. The van der Waals surface area contributed by atoms with Crippen LogP contribution in [0.25, 0.3) is 0 Å². The number of carboxylic acids is 2. The summed E-state index contributed by atoms with van der Waals surface area (Å²) in [5.41, 5.74) is 0. The molecule has 1 atom stereocenters. The van der Waals surface area contributed by atoms with E-state index in [4.69, 9.17) is 20.4 Å². The molecule has 0 bridgehead atoms. The molecule has 0 heterocycles. The highest BCUT2D eigenvalue weighted by molar-refractivity contribution is 5.75. The van der Waals surface area contributed by atoms with Crippen LogP contribution in [0.1, 0.15) is 19.8 Å². The summed E-state index contributed by atoms with van der Waals surface area (Å²) in [7, 11) is 0. The Kier molecular flexibility index (Phi) is 4.48. The molecule has 0 rings (SSSR count). The van der Waals surface area contributed by atoms with Crippen molar-refractivity contribution in [3.05, 3.63) is 0 Å². The topological polar surface area (TPSA) is 127 Å². The fourth-order valence-electron chi connectivity index (χ4n) is 0.855. The van der Waals surface area contributed by atoms with E-state index >= 15 is 0 Å². The first-order valence-electron chi connectivity index (χ1n) is 3.89. The summed E-state index contributed by atoms with van der Waals surface area (Å²) in [5.74, 6) is -4.81. The van der Waals surface area contributed by atoms with Crippen molar-refractivity contribution in [2.24, 2.45) is 0 Å². The average Bonchev–Trinajstić information content (AvgIpc) is 1.94. The van der Waals surface area contributed by atoms with Gasteiger partial charge in [0.25, 0.3) is 0 Å². The molecule has 5 N–H and O–H groups in total. The van der Waals surface area contributed by atoms with E-state index in [0.29, 0.717) is 0 Å². The van der Waals surface area contributed by atoms with Crippen molar-refractivity contribution in [3.8, 4) is 0 Å². The number of hydrogen-bond acceptors (Lipinski definition) is 5. The van der Waals surface area contributed by atoms with Crippen LogP contribution in [0.15, 0.2) is 0 Å². The minimum absolute atomic E-state index is 0.221. The highest BCUT2D eigenvalue weighted by atomic mass is 16.5. The molecule has 7 heteroatoms. The van der Waals surface area contributed by atoms with Gasteiger partial charge in [-0.1, -0.05) is 0 Å². The minimum atomic E-state index is -2.33. The molecule has 7 nitrogen and oxygen atoms in total. The number of nitrogens with one attached hydrogen (secondary N) is 1. The predicted octanol–water partition coefficient (Wildman–Crippen LogP) is -1.45. The molecule has 0 aromatic rings. The van der Waals surface area contributed by atoms with Gasteiger partial charge in [-0.05, 0) is 6.42 Å². The highest BCUT2D eigenvalue weighted by Crippen LogP contribution is 2.02. The Morgan fingerprint density at radius 1 is 1.36 bits per heavy atom. The van der Waals surface area contributed by atoms with E-state index in [1.54, 1.807) is 0 Å². The van der Waals surface area contributed by atoms with Gasteiger partial charge in [0.05, 0.1) is 0 Å². The van der Waals surface area contributed by atoms with Crippen molar-refractivity contribution in [2.45, 2.75) is 31.7 Å². The van der Waals surface area contributed by atoms with Crippen LogP contribution < -0.4 is 5.32 Å². The van der Waals surface area contributed by atoms with Crippen molar-refractivity contribution in [2.75, 3.05) is 0 Å². The molecule has 0 aliphatic rings. The zero-order valence-corrected chi connectivity index (χ0v) is 7.60. The third-order valence-electron chi connectivity index (χ3n) is 1.39. The lowest BCUT2D eigenvalue weighted by atomic mass is 10.1. The van der Waals surface area contributed by atoms with Gasteiger partial charge in [0.1, 0.15) is 6.04 Å². The highest BCUT2D eigenvalue weighted by Gasteiger charge is 2.26. The van der Waals surface area contributed by atoms with Gasteiger partial charge in [-0.25, -0.2) is 0 Å². The average molecular weight is 207 g/mol. The number of hydrogen-bond donors (Lipinski definition) is 5. The molecule has 0 aliphatic heterocycles. The van der Waals surface area contributed by atoms with Crippen LogP contribution in [0.2, 0.25) is 0 Å². The van der Waals surface area contributed by atoms with Crippen molar-refractivity contribution < 1.29 is 30.0 Å². The monoisotopic (exact) mass is 207 g/mol. The molecule has 0 aliphatic carbocycles. The summed E-state index contributed by atoms with van der Waals surface area (Å²) in [6.45, 7) is 0.948. The maximum absolute atomic E-state index is 10.5. The number of rotatable bonds is 6. The normalized spacial score (nSPS) is 13.6. The molecule has 0 spiro atoms. The van der Waals surface area contributed by atoms with Crippen LogP contribution >= 0.6 is 0 Å². The first-order chi connectivity index (χ1) is 6.22. The number of carboxylic acid groups (broad SMARTS) is 2. The maximum Gasteiger partial charge on any atom is 0.320 e. The van der Waals surface area contributed by atoms with Crippen LogP contribution in [-0.4, -0.2) is 44.3 Å². The second kappa shape index (κ2) is 4.89. The van der Waals surface area contributed by atoms with Gasteiger partial charge in [0.2, 0.25) is 5.91 Å². The molecular weight excluding hydrogens is 194 g/mol. The summed E-state index contributed by atoms with van der Waals surface area (Å²) < 4.78 is 0.